The minimum Gasteiger partial charge on any atom is -0.506 e. The number of hydrogen-bond donors (Lipinski definition) is 2. The number of anilines is 1. The first-order valence-corrected chi connectivity index (χ1v) is 8.93. The van der Waals surface area contributed by atoms with Crippen LogP contribution in [0.2, 0.25) is 5.02 Å². The number of esters is 1. The lowest BCUT2D eigenvalue weighted by Crippen LogP contribution is -2.24. The van der Waals surface area contributed by atoms with E-state index < -0.39 is 34.1 Å². The maximum Gasteiger partial charge on any atom is 0.416 e. The lowest BCUT2D eigenvalue weighted by Gasteiger charge is -2.20. The van der Waals surface area contributed by atoms with Gasteiger partial charge in [-0.2, -0.15) is 13.2 Å². The van der Waals surface area contributed by atoms with Gasteiger partial charge in [-0.3, -0.25) is 0 Å². The molecule has 0 saturated heterocycles. The maximum atomic E-state index is 13.0. The average Bonchev–Trinajstić information content (AvgIpc) is 2.60. The van der Waals surface area contributed by atoms with Crippen LogP contribution in [0.1, 0.15) is 42.3 Å². The van der Waals surface area contributed by atoms with Crippen LogP contribution in [0.5, 0.6) is 11.5 Å². The van der Waals surface area contributed by atoms with E-state index in [9.17, 15) is 23.1 Å². The van der Waals surface area contributed by atoms with Crippen LogP contribution in [-0.4, -0.2) is 23.8 Å². The molecule has 0 unspecified atom stereocenters. The summed E-state index contributed by atoms with van der Waals surface area (Å²) in [6.07, 6.45) is -4.59. The number of halogens is 4. The molecule has 0 atom stereocenters. The number of ether oxygens (including phenoxy) is 2. The molecule has 29 heavy (non-hydrogen) atoms. The monoisotopic (exact) mass is 431 g/mol. The van der Waals surface area contributed by atoms with E-state index >= 15 is 0 Å². The Morgan fingerprint density at radius 2 is 1.83 bits per heavy atom. The third-order valence-corrected chi connectivity index (χ3v) is 4.06. The number of phenolic OH excluding ortho intramolecular Hbond substituents is 1. The minimum absolute atomic E-state index is 0.0278. The third kappa shape index (κ3) is 5.93. The van der Waals surface area contributed by atoms with Crippen molar-refractivity contribution in [1.29, 1.82) is 0 Å². The summed E-state index contributed by atoms with van der Waals surface area (Å²) >= 11 is 5.71. The molecule has 0 spiro atoms. The molecule has 0 bridgehead atoms. The van der Waals surface area contributed by atoms with Crippen molar-refractivity contribution in [2.24, 2.45) is 0 Å². The van der Waals surface area contributed by atoms with Crippen LogP contribution in [0, 0.1) is 0 Å². The van der Waals surface area contributed by atoms with Crippen molar-refractivity contribution in [3.8, 4) is 11.5 Å². The Morgan fingerprint density at radius 3 is 2.38 bits per heavy atom. The van der Waals surface area contributed by atoms with Gasteiger partial charge < -0.3 is 19.9 Å². The molecule has 2 aromatic carbocycles. The van der Waals surface area contributed by atoms with Gasteiger partial charge in [-0.05, 0) is 45.0 Å². The summed E-state index contributed by atoms with van der Waals surface area (Å²) in [5.41, 5.74) is -1.01. The van der Waals surface area contributed by atoms with E-state index in [0.29, 0.717) is 11.8 Å². The summed E-state index contributed by atoms with van der Waals surface area (Å²) in [4.78, 5) is 12.3. The first kappa shape index (κ1) is 22.7. The summed E-state index contributed by atoms with van der Waals surface area (Å²) in [5.74, 6) is -0.775. The third-order valence-electron chi connectivity index (χ3n) is 3.77. The second kappa shape index (κ2) is 8.41. The fourth-order valence-corrected chi connectivity index (χ4v) is 2.69. The lowest BCUT2D eigenvalue weighted by molar-refractivity contribution is -0.137. The van der Waals surface area contributed by atoms with Crippen LogP contribution < -0.4 is 10.1 Å². The van der Waals surface area contributed by atoms with Crippen LogP contribution in [-0.2, 0) is 17.5 Å². The molecule has 0 aromatic heterocycles. The number of aromatic hydroxyl groups is 1. The number of hydrogen-bond acceptors (Lipinski definition) is 5. The highest BCUT2D eigenvalue weighted by atomic mass is 35.5. The molecule has 0 aliphatic rings. The zero-order valence-electron chi connectivity index (χ0n) is 16.3. The molecule has 0 heterocycles. The minimum atomic E-state index is -4.59. The van der Waals surface area contributed by atoms with Crippen LogP contribution in [0.3, 0.4) is 0 Å². The van der Waals surface area contributed by atoms with Gasteiger partial charge in [-0.15, -0.1) is 0 Å². The smallest absolute Gasteiger partial charge is 0.416 e. The lowest BCUT2D eigenvalue weighted by atomic mass is 10.1. The zero-order valence-corrected chi connectivity index (χ0v) is 17.0. The van der Waals surface area contributed by atoms with Gasteiger partial charge in [0.25, 0.3) is 0 Å². The van der Waals surface area contributed by atoms with Crippen molar-refractivity contribution in [2.75, 3.05) is 12.4 Å². The normalized spacial score (nSPS) is 11.9. The highest BCUT2D eigenvalue weighted by Gasteiger charge is 2.32. The van der Waals surface area contributed by atoms with E-state index in [0.717, 1.165) is 6.07 Å². The number of phenols is 1. The summed E-state index contributed by atoms with van der Waals surface area (Å²) in [6.45, 7) is 5.07. The Morgan fingerprint density at radius 1 is 1.17 bits per heavy atom. The second-order valence-electron chi connectivity index (χ2n) is 7.23. The number of methoxy groups -OCH3 is 1. The van der Waals surface area contributed by atoms with Crippen LogP contribution in [0.15, 0.2) is 30.3 Å². The molecule has 0 saturated carbocycles. The van der Waals surface area contributed by atoms with Crippen molar-refractivity contribution >= 4 is 23.3 Å². The fourth-order valence-electron chi connectivity index (χ4n) is 2.45. The molecule has 2 aromatic rings. The van der Waals surface area contributed by atoms with Crippen molar-refractivity contribution in [3.63, 3.8) is 0 Å². The first-order valence-electron chi connectivity index (χ1n) is 8.55. The Hall–Kier alpha value is -2.61. The Kier molecular flexibility index (Phi) is 6.57. The van der Waals surface area contributed by atoms with E-state index in [2.05, 4.69) is 5.32 Å². The van der Waals surface area contributed by atoms with E-state index in [4.69, 9.17) is 21.1 Å². The number of benzene rings is 2. The van der Waals surface area contributed by atoms with Crippen LogP contribution in [0.4, 0.5) is 18.9 Å². The van der Waals surface area contributed by atoms with Crippen molar-refractivity contribution in [2.45, 2.75) is 39.1 Å². The van der Waals surface area contributed by atoms with Gasteiger partial charge in [0.1, 0.15) is 22.7 Å². The highest BCUT2D eigenvalue weighted by Crippen LogP contribution is 2.37. The number of rotatable bonds is 5. The Bertz CT molecular complexity index is 908. The fraction of sp³-hybridized carbons (Fsp3) is 0.350. The van der Waals surface area contributed by atoms with Gasteiger partial charge in [0.2, 0.25) is 0 Å². The maximum absolute atomic E-state index is 13.0. The van der Waals surface area contributed by atoms with Crippen molar-refractivity contribution < 1.29 is 32.5 Å². The standard InChI is InChI=1S/C20H21ClF3NO4/c1-19(2,3)29-18(27)14-6-5-13(9-16(14)28-4)25-10-11-7-12(20(22,23)24)8-15(21)17(11)26/h5-9,25-26H,10H2,1-4H3. The van der Waals surface area contributed by atoms with E-state index in [1.165, 1.54) is 19.2 Å². The molecule has 5 nitrogen and oxygen atoms in total. The first-order chi connectivity index (χ1) is 13.3. The Balaban J connectivity index is 2.24. The summed E-state index contributed by atoms with van der Waals surface area (Å²) in [6, 6.07) is 6.02. The highest BCUT2D eigenvalue weighted by molar-refractivity contribution is 6.32. The molecule has 0 aliphatic carbocycles. The number of carbonyl (C=O) groups excluding carboxylic acids is 1. The van der Waals surface area contributed by atoms with Gasteiger partial charge in [-0.25, -0.2) is 4.79 Å². The molecule has 0 radical (unpaired) electrons. The quantitative estimate of drug-likeness (QED) is 0.599. The predicted octanol–water partition coefficient (Wildman–Crippen LogP) is 5.64. The van der Waals surface area contributed by atoms with Gasteiger partial charge in [0.15, 0.2) is 0 Å². The molecule has 0 amide bonds. The van der Waals surface area contributed by atoms with E-state index in [-0.39, 0.29) is 23.4 Å². The van der Waals surface area contributed by atoms with E-state index in [1.807, 2.05) is 0 Å². The average molecular weight is 432 g/mol. The molecular formula is C20H21ClF3NO4. The van der Waals surface area contributed by atoms with Crippen LogP contribution >= 0.6 is 11.6 Å². The number of nitrogens with one attached hydrogen (secondary N) is 1. The molecule has 9 heteroatoms. The summed E-state index contributed by atoms with van der Waals surface area (Å²) < 4.78 is 49.4. The molecule has 0 aliphatic heterocycles. The number of carbonyl (C=O) groups is 1. The van der Waals surface area contributed by atoms with Gasteiger partial charge in [0, 0.05) is 23.9 Å². The molecule has 0 fully saturated rings. The largest absolute Gasteiger partial charge is 0.506 e. The zero-order chi connectivity index (χ0) is 22.0. The summed E-state index contributed by atoms with van der Waals surface area (Å²) in [7, 11) is 1.38. The van der Waals surface area contributed by atoms with E-state index in [1.54, 1.807) is 26.8 Å². The van der Waals surface area contributed by atoms with Crippen LogP contribution in [0.25, 0.3) is 0 Å². The number of alkyl halides is 3. The molecule has 2 N–H and O–H groups in total. The van der Waals surface area contributed by atoms with Crippen molar-refractivity contribution in [1.82, 2.24) is 0 Å². The molecule has 158 valence electrons. The Labute approximate surface area is 171 Å². The van der Waals surface area contributed by atoms with Crippen molar-refractivity contribution in [3.05, 3.63) is 52.0 Å². The summed E-state index contributed by atoms with van der Waals surface area (Å²) in [5, 5.41) is 12.5. The SMILES string of the molecule is COc1cc(NCc2cc(C(F)(F)F)cc(Cl)c2O)ccc1C(=O)OC(C)(C)C. The molecular weight excluding hydrogens is 411 g/mol. The predicted molar refractivity (Wildman–Crippen MR) is 104 cm³/mol. The van der Waals surface area contributed by atoms with Gasteiger partial charge in [-0.1, -0.05) is 11.6 Å². The topological polar surface area (TPSA) is 67.8 Å². The molecule has 2 rings (SSSR count). The van der Waals surface area contributed by atoms with Gasteiger partial charge >= 0.3 is 12.1 Å². The van der Waals surface area contributed by atoms with Gasteiger partial charge in [0.05, 0.1) is 17.7 Å². The second-order valence-corrected chi connectivity index (χ2v) is 7.64.